The van der Waals surface area contributed by atoms with Gasteiger partial charge in [0.1, 0.15) is 5.82 Å². The van der Waals surface area contributed by atoms with Crippen molar-refractivity contribution in [1.29, 1.82) is 0 Å². The second kappa shape index (κ2) is 5.80. The molecule has 0 saturated carbocycles. The molecule has 0 radical (unpaired) electrons. The van der Waals surface area contributed by atoms with Crippen molar-refractivity contribution in [3.8, 4) is 11.1 Å². The molecule has 0 aliphatic heterocycles. The van der Waals surface area contributed by atoms with Crippen LogP contribution in [0.25, 0.3) is 11.1 Å². The zero-order valence-corrected chi connectivity index (χ0v) is 12.9. The lowest BCUT2D eigenvalue weighted by Gasteiger charge is -2.14. The fraction of sp³-hybridized carbons (Fsp3) is 0.158. The second-order valence-electron chi connectivity index (χ2n) is 5.69. The van der Waals surface area contributed by atoms with Crippen LogP contribution in [0.2, 0.25) is 0 Å². The Morgan fingerprint density at radius 1 is 0.913 bits per heavy atom. The summed E-state index contributed by atoms with van der Waals surface area (Å²) in [5, 5.41) is 3.00. The fourth-order valence-corrected chi connectivity index (χ4v) is 2.53. The van der Waals surface area contributed by atoms with Gasteiger partial charge in [0, 0.05) is 6.54 Å². The van der Waals surface area contributed by atoms with Crippen LogP contribution in [0.15, 0.2) is 52.1 Å². The Morgan fingerprint density at radius 3 is 2.26 bits per heavy atom. The Labute approximate surface area is 133 Å². The van der Waals surface area contributed by atoms with Crippen molar-refractivity contribution in [1.82, 2.24) is 0 Å². The third-order valence-electron chi connectivity index (χ3n) is 4.09. The molecule has 23 heavy (non-hydrogen) atoms. The Balaban J connectivity index is 1.88. The first-order valence-electron chi connectivity index (χ1n) is 7.36. The number of nitrogens with one attached hydrogen (secondary N) is 1. The molecule has 0 fully saturated rings. The first-order chi connectivity index (χ1) is 11.0. The smallest absolute Gasteiger partial charge is 0.250 e. The molecule has 3 aromatic rings. The molecule has 0 bridgehead atoms. The molecule has 0 atom stereocenters. The molecule has 3 nitrogen and oxygen atoms in total. The molecule has 0 amide bonds. The van der Waals surface area contributed by atoms with Crippen LogP contribution >= 0.6 is 0 Å². The number of benzene rings is 2. The van der Waals surface area contributed by atoms with Gasteiger partial charge in [0.05, 0.1) is 11.3 Å². The van der Waals surface area contributed by atoms with Gasteiger partial charge in [-0.2, -0.15) is 0 Å². The predicted octanol–water partition coefficient (Wildman–Crippen LogP) is 3.32. The lowest BCUT2D eigenvalue weighted by Crippen LogP contribution is -2.36. The SMILES string of the molecule is Cc1ccc(-c2c(NCc3ccc(F)cc3)c(=O)c2=O)cc1C. The molecule has 0 heterocycles. The molecule has 0 aliphatic carbocycles. The summed E-state index contributed by atoms with van der Waals surface area (Å²) in [6.07, 6.45) is 0. The van der Waals surface area contributed by atoms with E-state index in [2.05, 4.69) is 5.32 Å². The zero-order chi connectivity index (χ0) is 16.6. The minimum Gasteiger partial charge on any atom is -0.377 e. The van der Waals surface area contributed by atoms with Gasteiger partial charge < -0.3 is 5.32 Å². The van der Waals surface area contributed by atoms with Crippen LogP contribution in [0, 0.1) is 19.7 Å². The third-order valence-corrected chi connectivity index (χ3v) is 4.09. The summed E-state index contributed by atoms with van der Waals surface area (Å²) in [4.78, 5) is 23.8. The van der Waals surface area contributed by atoms with Crippen molar-refractivity contribution in [3.05, 3.63) is 85.4 Å². The fourth-order valence-electron chi connectivity index (χ4n) is 2.53. The summed E-state index contributed by atoms with van der Waals surface area (Å²) < 4.78 is 12.9. The molecule has 0 aliphatic rings. The molecule has 0 unspecified atom stereocenters. The highest BCUT2D eigenvalue weighted by Gasteiger charge is 2.22. The average Bonchev–Trinajstić information content (AvgIpc) is 2.55. The van der Waals surface area contributed by atoms with Crippen molar-refractivity contribution in [2.75, 3.05) is 5.32 Å². The highest BCUT2D eigenvalue weighted by Crippen LogP contribution is 2.26. The Bertz CT molecular complexity index is 935. The first kappa shape index (κ1) is 15.2. The van der Waals surface area contributed by atoms with Gasteiger partial charge in [-0.15, -0.1) is 0 Å². The third kappa shape index (κ3) is 2.80. The van der Waals surface area contributed by atoms with Crippen LogP contribution in [0.4, 0.5) is 10.1 Å². The van der Waals surface area contributed by atoms with Gasteiger partial charge in [-0.1, -0.05) is 30.3 Å². The van der Waals surface area contributed by atoms with E-state index >= 15 is 0 Å². The largest absolute Gasteiger partial charge is 0.377 e. The van der Waals surface area contributed by atoms with Gasteiger partial charge >= 0.3 is 0 Å². The number of hydrogen-bond donors (Lipinski definition) is 1. The van der Waals surface area contributed by atoms with Gasteiger partial charge in [-0.05, 0) is 48.2 Å². The summed E-state index contributed by atoms with van der Waals surface area (Å²) in [6, 6.07) is 11.7. The van der Waals surface area contributed by atoms with E-state index in [9.17, 15) is 14.0 Å². The Hall–Kier alpha value is -2.75. The maximum Gasteiger partial charge on any atom is 0.250 e. The Morgan fingerprint density at radius 2 is 1.61 bits per heavy atom. The van der Waals surface area contributed by atoms with Crippen LogP contribution in [-0.2, 0) is 6.54 Å². The molecular formula is C19H16FNO2. The molecule has 3 rings (SSSR count). The lowest BCUT2D eigenvalue weighted by atomic mass is 9.95. The van der Waals surface area contributed by atoms with E-state index in [1.807, 2.05) is 32.0 Å². The van der Waals surface area contributed by atoms with Gasteiger partial charge in [0.25, 0.3) is 0 Å². The predicted molar refractivity (Wildman–Crippen MR) is 90.0 cm³/mol. The number of hydrogen-bond acceptors (Lipinski definition) is 3. The summed E-state index contributed by atoms with van der Waals surface area (Å²) in [5.41, 5.74) is 3.59. The molecule has 0 saturated heterocycles. The van der Waals surface area contributed by atoms with E-state index < -0.39 is 10.9 Å². The molecular weight excluding hydrogens is 293 g/mol. The average molecular weight is 309 g/mol. The minimum absolute atomic E-state index is 0.307. The Kier molecular flexibility index (Phi) is 3.82. The van der Waals surface area contributed by atoms with Crippen molar-refractivity contribution < 1.29 is 4.39 Å². The maximum absolute atomic E-state index is 12.9. The van der Waals surface area contributed by atoms with Crippen LogP contribution in [0.5, 0.6) is 0 Å². The van der Waals surface area contributed by atoms with Gasteiger partial charge in [0.2, 0.25) is 10.9 Å². The minimum atomic E-state index is -0.500. The van der Waals surface area contributed by atoms with E-state index in [1.54, 1.807) is 12.1 Å². The van der Waals surface area contributed by atoms with E-state index in [1.165, 1.54) is 12.1 Å². The molecule has 3 aromatic carbocycles. The number of halogens is 1. The van der Waals surface area contributed by atoms with Crippen molar-refractivity contribution in [2.45, 2.75) is 20.4 Å². The number of anilines is 1. The normalized spacial score (nSPS) is 10.9. The van der Waals surface area contributed by atoms with E-state index in [-0.39, 0.29) is 5.82 Å². The quantitative estimate of drug-likeness (QED) is 0.752. The monoisotopic (exact) mass is 309 g/mol. The van der Waals surface area contributed by atoms with Crippen LogP contribution in [0.3, 0.4) is 0 Å². The highest BCUT2D eigenvalue weighted by molar-refractivity contribution is 5.82. The van der Waals surface area contributed by atoms with E-state index in [4.69, 9.17) is 0 Å². The summed E-state index contributed by atoms with van der Waals surface area (Å²) in [6.45, 7) is 4.33. The van der Waals surface area contributed by atoms with Gasteiger partial charge in [0.15, 0.2) is 0 Å². The first-order valence-corrected chi connectivity index (χ1v) is 7.36. The molecule has 0 spiro atoms. The topological polar surface area (TPSA) is 46.2 Å². The van der Waals surface area contributed by atoms with Crippen molar-refractivity contribution in [2.24, 2.45) is 0 Å². The zero-order valence-electron chi connectivity index (χ0n) is 12.9. The van der Waals surface area contributed by atoms with Crippen molar-refractivity contribution in [3.63, 3.8) is 0 Å². The number of rotatable bonds is 4. The van der Waals surface area contributed by atoms with Crippen LogP contribution < -0.4 is 16.2 Å². The highest BCUT2D eigenvalue weighted by atomic mass is 19.1. The lowest BCUT2D eigenvalue weighted by molar-refractivity contribution is 0.627. The molecule has 4 heteroatoms. The molecule has 116 valence electrons. The summed E-state index contributed by atoms with van der Waals surface area (Å²) >= 11 is 0. The van der Waals surface area contributed by atoms with Crippen LogP contribution in [-0.4, -0.2) is 0 Å². The molecule has 0 aromatic heterocycles. The van der Waals surface area contributed by atoms with E-state index in [0.717, 1.165) is 22.3 Å². The molecule has 1 N–H and O–H groups in total. The maximum atomic E-state index is 12.9. The van der Waals surface area contributed by atoms with Gasteiger partial charge in [-0.25, -0.2) is 4.39 Å². The standard InChI is InChI=1S/C19H16FNO2/c1-11-3-6-14(9-12(11)2)16-17(19(23)18(16)22)21-10-13-4-7-15(20)8-5-13/h3-9,21H,10H2,1-2H3. The number of aryl methyl sites for hydroxylation is 2. The summed E-state index contributed by atoms with van der Waals surface area (Å²) in [7, 11) is 0. The van der Waals surface area contributed by atoms with Crippen molar-refractivity contribution >= 4 is 5.69 Å². The van der Waals surface area contributed by atoms with E-state index in [0.29, 0.717) is 17.8 Å². The van der Waals surface area contributed by atoms with Gasteiger partial charge in [-0.3, -0.25) is 9.59 Å². The summed E-state index contributed by atoms with van der Waals surface area (Å²) in [5.74, 6) is -0.307. The van der Waals surface area contributed by atoms with Crippen LogP contribution in [0.1, 0.15) is 16.7 Å². The second-order valence-corrected chi connectivity index (χ2v) is 5.69.